The van der Waals surface area contributed by atoms with E-state index in [1.165, 1.54) is 11.1 Å². The third kappa shape index (κ3) is 5.65. The first-order chi connectivity index (χ1) is 14.6. The molecule has 31 heavy (non-hydrogen) atoms. The Labute approximate surface area is 184 Å². The molecule has 2 aromatic carbocycles. The summed E-state index contributed by atoms with van der Waals surface area (Å²) in [5.41, 5.74) is 5.36. The van der Waals surface area contributed by atoms with Crippen LogP contribution in [0, 0.1) is 20.8 Å². The first-order valence-corrected chi connectivity index (χ1v) is 11.8. The van der Waals surface area contributed by atoms with Crippen LogP contribution < -0.4 is 9.46 Å². The highest BCUT2D eigenvalue weighted by molar-refractivity contribution is 7.92. The van der Waals surface area contributed by atoms with Gasteiger partial charge >= 0.3 is 0 Å². The first-order valence-electron chi connectivity index (χ1n) is 9.93. The van der Waals surface area contributed by atoms with Crippen molar-refractivity contribution in [3.63, 3.8) is 0 Å². The van der Waals surface area contributed by atoms with Crippen molar-refractivity contribution in [2.75, 3.05) is 25.1 Å². The van der Waals surface area contributed by atoms with Crippen LogP contribution in [0.15, 0.2) is 40.8 Å². The average molecular weight is 444 g/mol. The minimum absolute atomic E-state index is 0.393. The summed E-state index contributed by atoms with van der Waals surface area (Å²) in [5.74, 6) is 1.99. The third-order valence-corrected chi connectivity index (χ3v) is 5.65. The Morgan fingerprint density at radius 1 is 1.10 bits per heavy atom. The summed E-state index contributed by atoms with van der Waals surface area (Å²) in [7, 11) is 0.302. The van der Waals surface area contributed by atoms with Gasteiger partial charge in [0.05, 0.1) is 30.3 Å². The van der Waals surface area contributed by atoms with Crippen molar-refractivity contribution in [2.45, 2.75) is 33.9 Å². The molecule has 0 fully saturated rings. The van der Waals surface area contributed by atoms with Crippen molar-refractivity contribution >= 4 is 15.7 Å². The molecule has 1 aromatic heterocycles. The number of benzene rings is 2. The topological polar surface area (TPSA) is 84.7 Å². The summed E-state index contributed by atoms with van der Waals surface area (Å²) in [6.07, 6.45) is 1.12. The molecule has 0 spiro atoms. The van der Waals surface area contributed by atoms with Crippen LogP contribution in [-0.2, 0) is 23.1 Å². The van der Waals surface area contributed by atoms with E-state index in [4.69, 9.17) is 9.15 Å². The number of rotatable bonds is 8. The molecule has 1 heterocycles. The molecule has 3 rings (SSSR count). The predicted octanol–water partition coefficient (Wildman–Crippen LogP) is 4.28. The zero-order valence-electron chi connectivity index (χ0n) is 18.8. The number of oxazole rings is 1. The Morgan fingerprint density at radius 2 is 1.81 bits per heavy atom. The summed E-state index contributed by atoms with van der Waals surface area (Å²) < 4.78 is 37.2. The smallest absolute Gasteiger partial charge is 0.229 e. The number of aryl methyl sites for hydroxylation is 3. The second-order valence-corrected chi connectivity index (χ2v) is 9.61. The number of hydrogen-bond acceptors (Lipinski definition) is 6. The first kappa shape index (κ1) is 22.8. The Kier molecular flexibility index (Phi) is 6.71. The lowest BCUT2D eigenvalue weighted by molar-refractivity contribution is 0.312. The van der Waals surface area contributed by atoms with Gasteiger partial charge in [0.2, 0.25) is 15.9 Å². The molecule has 0 saturated heterocycles. The van der Waals surface area contributed by atoms with Crippen molar-refractivity contribution in [1.82, 2.24) is 9.88 Å². The van der Waals surface area contributed by atoms with Crippen LogP contribution in [0.3, 0.4) is 0 Å². The number of para-hydroxylation sites is 1. The summed E-state index contributed by atoms with van der Waals surface area (Å²) >= 11 is 0. The number of nitrogens with one attached hydrogen (secondary N) is 1. The highest BCUT2D eigenvalue weighted by atomic mass is 32.2. The molecule has 0 aliphatic heterocycles. The predicted molar refractivity (Wildman–Crippen MR) is 123 cm³/mol. The number of sulfonamides is 1. The number of hydrogen-bond donors (Lipinski definition) is 1. The Balaban J connectivity index is 1.81. The molecule has 7 nitrogen and oxygen atoms in total. The number of methoxy groups -OCH3 is 1. The molecule has 3 aromatic rings. The van der Waals surface area contributed by atoms with E-state index >= 15 is 0 Å². The van der Waals surface area contributed by atoms with Gasteiger partial charge < -0.3 is 9.15 Å². The van der Waals surface area contributed by atoms with Crippen LogP contribution in [0.25, 0.3) is 11.5 Å². The van der Waals surface area contributed by atoms with Gasteiger partial charge in [-0.1, -0.05) is 18.2 Å². The van der Waals surface area contributed by atoms with Gasteiger partial charge in [0.25, 0.3) is 0 Å². The van der Waals surface area contributed by atoms with E-state index in [-0.39, 0.29) is 0 Å². The molecule has 0 radical (unpaired) electrons. The van der Waals surface area contributed by atoms with E-state index in [1.54, 1.807) is 25.3 Å². The minimum atomic E-state index is -3.41. The molecule has 0 aliphatic carbocycles. The van der Waals surface area contributed by atoms with Crippen LogP contribution in [0.1, 0.15) is 28.1 Å². The second kappa shape index (κ2) is 9.11. The fourth-order valence-electron chi connectivity index (χ4n) is 3.49. The number of ether oxygens (including phenoxy) is 1. The minimum Gasteiger partial charge on any atom is -0.496 e. The molecule has 166 valence electrons. The van der Waals surface area contributed by atoms with Gasteiger partial charge in [-0.2, -0.15) is 0 Å². The second-order valence-electron chi connectivity index (χ2n) is 7.86. The van der Waals surface area contributed by atoms with Gasteiger partial charge in [0, 0.05) is 13.1 Å². The molecule has 0 amide bonds. The molecule has 0 unspecified atom stereocenters. The molecule has 0 aliphatic rings. The van der Waals surface area contributed by atoms with E-state index in [0.29, 0.717) is 29.4 Å². The van der Waals surface area contributed by atoms with Crippen molar-refractivity contribution in [1.29, 1.82) is 0 Å². The molecule has 1 N–H and O–H groups in total. The van der Waals surface area contributed by atoms with Crippen LogP contribution in [-0.4, -0.2) is 38.7 Å². The number of aromatic nitrogens is 1. The molecular weight excluding hydrogens is 414 g/mol. The molecule has 8 heteroatoms. The fraction of sp³-hybridized carbons (Fsp3) is 0.348. The van der Waals surface area contributed by atoms with Crippen LogP contribution in [0.2, 0.25) is 0 Å². The average Bonchev–Trinajstić information content (AvgIpc) is 3.03. The van der Waals surface area contributed by atoms with Crippen LogP contribution >= 0.6 is 0 Å². The molecule has 0 atom stereocenters. The maximum Gasteiger partial charge on any atom is 0.229 e. The summed E-state index contributed by atoms with van der Waals surface area (Å²) in [4.78, 5) is 6.83. The lowest BCUT2D eigenvalue weighted by atomic mass is 10.0. The fourth-order valence-corrected chi connectivity index (χ4v) is 4.07. The van der Waals surface area contributed by atoms with Gasteiger partial charge in [-0.3, -0.25) is 9.62 Å². The summed E-state index contributed by atoms with van der Waals surface area (Å²) in [6.45, 7) is 7.34. The maximum absolute atomic E-state index is 11.7. The quantitative estimate of drug-likeness (QED) is 0.559. The summed E-state index contributed by atoms with van der Waals surface area (Å²) in [6, 6.07) is 11.3. The summed E-state index contributed by atoms with van der Waals surface area (Å²) in [5, 5.41) is 0. The van der Waals surface area contributed by atoms with Gasteiger partial charge in [-0.25, -0.2) is 13.4 Å². The van der Waals surface area contributed by atoms with Gasteiger partial charge in [-0.05, 0) is 62.7 Å². The normalized spacial score (nSPS) is 11.7. The van der Waals surface area contributed by atoms with Gasteiger partial charge in [0.1, 0.15) is 11.5 Å². The lowest BCUT2D eigenvalue weighted by Gasteiger charge is -2.18. The van der Waals surface area contributed by atoms with Crippen LogP contribution in [0.5, 0.6) is 5.75 Å². The standard InChI is InChI=1S/C23H29N3O4S/c1-15-12-22(29-5)16(2)11-18(15)13-26(4)14-21-17(3)30-23(24-21)19-9-7-8-10-20(19)25-31(6,27)28/h7-12,25H,13-14H2,1-6H3. The van der Waals surface area contributed by atoms with E-state index < -0.39 is 10.0 Å². The monoisotopic (exact) mass is 443 g/mol. The Bertz CT molecular complexity index is 1190. The van der Waals surface area contributed by atoms with Gasteiger partial charge in [-0.15, -0.1) is 0 Å². The Morgan fingerprint density at radius 3 is 2.48 bits per heavy atom. The lowest BCUT2D eigenvalue weighted by Crippen LogP contribution is -2.18. The van der Waals surface area contributed by atoms with E-state index in [9.17, 15) is 8.42 Å². The van der Waals surface area contributed by atoms with Crippen molar-refractivity contribution < 1.29 is 17.6 Å². The highest BCUT2D eigenvalue weighted by Gasteiger charge is 2.17. The van der Waals surface area contributed by atoms with E-state index in [2.05, 4.69) is 33.7 Å². The SMILES string of the molecule is COc1cc(C)c(CN(C)Cc2nc(-c3ccccc3NS(C)(=O)=O)oc2C)cc1C. The molecular formula is C23H29N3O4S. The van der Waals surface area contributed by atoms with Crippen molar-refractivity contribution in [3.05, 3.63) is 64.5 Å². The third-order valence-electron chi connectivity index (χ3n) is 5.06. The number of nitrogens with zero attached hydrogens (tertiary/aromatic N) is 2. The molecule has 0 saturated carbocycles. The zero-order valence-corrected chi connectivity index (χ0v) is 19.6. The Hall–Kier alpha value is -2.84. The van der Waals surface area contributed by atoms with Crippen molar-refractivity contribution in [2.24, 2.45) is 0 Å². The van der Waals surface area contributed by atoms with E-state index in [1.807, 2.05) is 27.0 Å². The highest BCUT2D eigenvalue weighted by Crippen LogP contribution is 2.30. The molecule has 0 bridgehead atoms. The largest absolute Gasteiger partial charge is 0.496 e. The number of anilines is 1. The van der Waals surface area contributed by atoms with Crippen LogP contribution in [0.4, 0.5) is 5.69 Å². The van der Waals surface area contributed by atoms with Gasteiger partial charge in [0.15, 0.2) is 0 Å². The van der Waals surface area contributed by atoms with E-state index in [0.717, 1.165) is 29.8 Å². The maximum atomic E-state index is 11.7. The zero-order chi connectivity index (χ0) is 22.8. The van der Waals surface area contributed by atoms with Crippen molar-refractivity contribution in [3.8, 4) is 17.2 Å².